The normalized spacial score (nSPS) is 15.4. The minimum atomic E-state index is -3.71. The summed E-state index contributed by atoms with van der Waals surface area (Å²) in [6, 6.07) is 15.7. The van der Waals surface area contributed by atoms with Gasteiger partial charge in [-0.15, -0.1) is 0 Å². The molecule has 2 amide bonds. The first-order valence-corrected chi connectivity index (χ1v) is 14.0. The predicted octanol–water partition coefficient (Wildman–Crippen LogP) is 4.60. The quantitative estimate of drug-likeness (QED) is 0.419. The molecular weight excluding hydrogens is 493 g/mol. The van der Waals surface area contributed by atoms with Crippen LogP contribution in [-0.2, 0) is 26.2 Å². The molecule has 0 fully saturated rings. The van der Waals surface area contributed by atoms with Crippen LogP contribution in [0.25, 0.3) is 10.8 Å². The van der Waals surface area contributed by atoms with E-state index in [4.69, 9.17) is 0 Å². The van der Waals surface area contributed by atoms with Crippen LogP contribution in [0.3, 0.4) is 0 Å². The summed E-state index contributed by atoms with van der Waals surface area (Å²) in [6.45, 7) is 5.80. The lowest BCUT2D eigenvalue weighted by atomic mass is 10.1. The third-order valence-corrected chi connectivity index (χ3v) is 8.72. The number of benzene rings is 3. The first-order valence-electron chi connectivity index (χ1n) is 12.5. The molecule has 1 heterocycles. The molecule has 37 heavy (non-hydrogen) atoms. The zero-order valence-corrected chi connectivity index (χ0v) is 22.1. The van der Waals surface area contributed by atoms with Gasteiger partial charge in [-0.2, -0.15) is 0 Å². The van der Waals surface area contributed by atoms with E-state index in [9.17, 15) is 22.4 Å². The second-order valence-corrected chi connectivity index (χ2v) is 11.3. The van der Waals surface area contributed by atoms with E-state index in [1.165, 1.54) is 21.3 Å². The second-order valence-electron chi connectivity index (χ2n) is 9.45. The van der Waals surface area contributed by atoms with Gasteiger partial charge in [0.1, 0.15) is 11.9 Å². The molecule has 0 saturated heterocycles. The van der Waals surface area contributed by atoms with Crippen LogP contribution < -0.4 is 9.62 Å². The molecule has 1 aliphatic heterocycles. The molecule has 3 aromatic carbocycles. The van der Waals surface area contributed by atoms with E-state index in [1.54, 1.807) is 37.3 Å². The van der Waals surface area contributed by atoms with E-state index in [0.717, 1.165) is 11.8 Å². The maximum absolute atomic E-state index is 13.4. The fourth-order valence-corrected chi connectivity index (χ4v) is 6.30. The van der Waals surface area contributed by atoms with Crippen molar-refractivity contribution in [1.29, 1.82) is 0 Å². The Hall–Kier alpha value is -3.46. The predicted molar refractivity (Wildman–Crippen MR) is 142 cm³/mol. The number of amides is 2. The zero-order chi connectivity index (χ0) is 26.7. The number of hydrogen-bond acceptors (Lipinski definition) is 4. The Morgan fingerprint density at radius 1 is 1.03 bits per heavy atom. The van der Waals surface area contributed by atoms with E-state index in [2.05, 4.69) is 5.32 Å². The first-order chi connectivity index (χ1) is 17.6. The van der Waals surface area contributed by atoms with E-state index in [1.807, 2.05) is 32.0 Å². The number of nitrogens with zero attached hydrogens (tertiary/aromatic N) is 2. The number of carbonyl (C=O) groups is 2. The lowest BCUT2D eigenvalue weighted by Gasteiger charge is -2.30. The molecule has 2 unspecified atom stereocenters. The van der Waals surface area contributed by atoms with Crippen LogP contribution >= 0.6 is 0 Å². The standard InChI is InChI=1S/C28H32FN3O4S/c1-4-19(2)30-28(34)20(3)31(18-21-13-15-23(29)16-14-21)26(33)12-7-17-32-24-10-5-8-22-9-6-11-25(27(22)24)37(32,35)36/h5-6,8-11,13-16,19-20H,4,7,12,17-18H2,1-3H3,(H,30,34). The van der Waals surface area contributed by atoms with Crippen molar-refractivity contribution in [3.63, 3.8) is 0 Å². The first kappa shape index (κ1) is 26.6. The molecule has 1 aliphatic rings. The van der Waals surface area contributed by atoms with Gasteiger partial charge in [0.15, 0.2) is 0 Å². The van der Waals surface area contributed by atoms with Crippen molar-refractivity contribution < 1.29 is 22.4 Å². The Morgan fingerprint density at radius 3 is 2.38 bits per heavy atom. The number of nitrogens with one attached hydrogen (secondary N) is 1. The van der Waals surface area contributed by atoms with Crippen LogP contribution in [0.15, 0.2) is 65.6 Å². The fourth-order valence-electron chi connectivity index (χ4n) is 4.55. The maximum atomic E-state index is 13.4. The average molecular weight is 526 g/mol. The van der Waals surface area contributed by atoms with Gasteiger partial charge in [-0.1, -0.05) is 43.3 Å². The van der Waals surface area contributed by atoms with Gasteiger partial charge in [-0.3, -0.25) is 13.9 Å². The molecule has 7 nitrogen and oxygen atoms in total. The summed E-state index contributed by atoms with van der Waals surface area (Å²) in [7, 11) is -3.71. The third kappa shape index (κ3) is 5.46. The van der Waals surface area contributed by atoms with Gasteiger partial charge in [-0.05, 0) is 61.9 Å². The summed E-state index contributed by atoms with van der Waals surface area (Å²) in [5.74, 6) is -0.926. The molecule has 0 aromatic heterocycles. The fraction of sp³-hybridized carbons (Fsp3) is 0.357. The van der Waals surface area contributed by atoms with E-state index < -0.39 is 16.1 Å². The van der Waals surface area contributed by atoms with E-state index in [0.29, 0.717) is 16.6 Å². The monoisotopic (exact) mass is 525 g/mol. The Morgan fingerprint density at radius 2 is 1.70 bits per heavy atom. The van der Waals surface area contributed by atoms with Crippen molar-refractivity contribution in [3.05, 3.63) is 72.0 Å². The maximum Gasteiger partial charge on any atom is 0.265 e. The zero-order valence-electron chi connectivity index (χ0n) is 21.3. The largest absolute Gasteiger partial charge is 0.352 e. The molecule has 0 aliphatic carbocycles. The summed E-state index contributed by atoms with van der Waals surface area (Å²) >= 11 is 0. The summed E-state index contributed by atoms with van der Waals surface area (Å²) in [5, 5.41) is 4.46. The average Bonchev–Trinajstić information content (AvgIpc) is 3.10. The molecule has 3 aromatic rings. The third-order valence-electron chi connectivity index (χ3n) is 6.87. The Bertz CT molecular complexity index is 1400. The number of anilines is 1. The van der Waals surface area contributed by atoms with Crippen molar-refractivity contribution >= 4 is 38.3 Å². The topological polar surface area (TPSA) is 86.8 Å². The highest BCUT2D eigenvalue weighted by Gasteiger charge is 2.35. The van der Waals surface area contributed by atoms with Crippen molar-refractivity contribution in [1.82, 2.24) is 10.2 Å². The van der Waals surface area contributed by atoms with Gasteiger partial charge in [0.2, 0.25) is 11.8 Å². The number of carbonyl (C=O) groups excluding carboxylic acids is 2. The van der Waals surface area contributed by atoms with Crippen LogP contribution in [0.5, 0.6) is 0 Å². The summed E-state index contributed by atoms with van der Waals surface area (Å²) in [4.78, 5) is 28.0. The molecular formula is C28H32FN3O4S. The van der Waals surface area contributed by atoms with Crippen molar-refractivity contribution in [3.8, 4) is 0 Å². The number of sulfonamides is 1. The molecule has 1 N–H and O–H groups in total. The molecule has 0 radical (unpaired) electrons. The molecule has 2 atom stereocenters. The summed E-state index contributed by atoms with van der Waals surface area (Å²) in [6.07, 6.45) is 1.09. The van der Waals surface area contributed by atoms with Crippen LogP contribution in [0.2, 0.25) is 0 Å². The van der Waals surface area contributed by atoms with Gasteiger partial charge in [-0.25, -0.2) is 12.8 Å². The molecule has 4 rings (SSSR count). The lowest BCUT2D eigenvalue weighted by Crippen LogP contribution is -2.49. The Balaban J connectivity index is 1.49. The van der Waals surface area contributed by atoms with E-state index in [-0.39, 0.29) is 54.5 Å². The number of hydrogen-bond donors (Lipinski definition) is 1. The highest BCUT2D eigenvalue weighted by Crippen LogP contribution is 2.42. The minimum Gasteiger partial charge on any atom is -0.352 e. The number of rotatable bonds is 10. The highest BCUT2D eigenvalue weighted by molar-refractivity contribution is 7.93. The molecule has 0 spiro atoms. The number of halogens is 1. The van der Waals surface area contributed by atoms with Crippen molar-refractivity contribution in [2.24, 2.45) is 0 Å². The van der Waals surface area contributed by atoms with Gasteiger partial charge in [0, 0.05) is 30.9 Å². The molecule has 0 bridgehead atoms. The van der Waals surface area contributed by atoms with E-state index >= 15 is 0 Å². The second kappa shape index (κ2) is 10.9. The highest BCUT2D eigenvalue weighted by atomic mass is 32.2. The SMILES string of the molecule is CCC(C)NC(=O)C(C)N(Cc1ccc(F)cc1)C(=O)CCCN1c2cccc3cccc(c23)S1(=O)=O. The van der Waals surface area contributed by atoms with Gasteiger partial charge >= 0.3 is 0 Å². The van der Waals surface area contributed by atoms with Crippen LogP contribution in [-0.4, -0.2) is 43.8 Å². The smallest absolute Gasteiger partial charge is 0.265 e. The van der Waals surface area contributed by atoms with Crippen LogP contribution in [0, 0.1) is 5.82 Å². The molecule has 9 heteroatoms. The molecule has 0 saturated carbocycles. The van der Waals surface area contributed by atoms with Gasteiger partial charge in [0.25, 0.3) is 10.0 Å². The van der Waals surface area contributed by atoms with Gasteiger partial charge in [0.05, 0.1) is 10.6 Å². The van der Waals surface area contributed by atoms with Gasteiger partial charge < -0.3 is 10.2 Å². The Kier molecular flexibility index (Phi) is 7.82. The summed E-state index contributed by atoms with van der Waals surface area (Å²) < 4.78 is 41.2. The lowest BCUT2D eigenvalue weighted by molar-refractivity contribution is -0.140. The Labute approximate surface area is 217 Å². The summed E-state index contributed by atoms with van der Waals surface area (Å²) in [5.41, 5.74) is 1.31. The van der Waals surface area contributed by atoms with Crippen molar-refractivity contribution in [2.75, 3.05) is 10.8 Å². The van der Waals surface area contributed by atoms with Crippen LogP contribution in [0.4, 0.5) is 10.1 Å². The molecule has 196 valence electrons. The van der Waals surface area contributed by atoms with Crippen LogP contribution in [0.1, 0.15) is 45.6 Å². The minimum absolute atomic E-state index is 0.0394. The van der Waals surface area contributed by atoms with Crippen molar-refractivity contribution in [2.45, 2.75) is 63.6 Å².